The van der Waals surface area contributed by atoms with Gasteiger partial charge in [-0.3, -0.25) is 4.79 Å². The third kappa shape index (κ3) is 4.08. The van der Waals surface area contributed by atoms with E-state index in [-0.39, 0.29) is 19.2 Å². The Morgan fingerprint density at radius 3 is 2.81 bits per heavy atom. The highest BCUT2D eigenvalue weighted by Crippen LogP contribution is 2.13. The first-order valence-corrected chi connectivity index (χ1v) is 5.78. The molecule has 1 aliphatic rings. The van der Waals surface area contributed by atoms with Crippen molar-refractivity contribution in [3.63, 3.8) is 0 Å². The van der Waals surface area contributed by atoms with Crippen molar-refractivity contribution in [2.45, 2.75) is 50.9 Å². The van der Waals surface area contributed by atoms with Crippen molar-refractivity contribution in [3.05, 3.63) is 0 Å². The summed E-state index contributed by atoms with van der Waals surface area (Å²) in [7, 11) is 0. The number of ether oxygens (including phenoxy) is 2. The zero-order chi connectivity index (χ0) is 12.0. The summed E-state index contributed by atoms with van der Waals surface area (Å²) < 4.78 is 10.1. The molecule has 0 spiro atoms. The molecule has 0 radical (unpaired) electrons. The predicted molar refractivity (Wildman–Crippen MR) is 56.9 cm³/mol. The minimum absolute atomic E-state index is 0.0883. The molecule has 0 aliphatic carbocycles. The monoisotopic (exact) mass is 232 g/mol. The summed E-state index contributed by atoms with van der Waals surface area (Å²) in [4.78, 5) is 11.4. The highest BCUT2D eigenvalue weighted by Gasteiger charge is 2.33. The number of rotatable bonds is 5. The highest BCUT2D eigenvalue weighted by atomic mass is 16.6. The van der Waals surface area contributed by atoms with Crippen LogP contribution in [0.2, 0.25) is 0 Å². The summed E-state index contributed by atoms with van der Waals surface area (Å²) in [5, 5.41) is 18.9. The van der Waals surface area contributed by atoms with Crippen LogP contribution in [0.25, 0.3) is 0 Å². The van der Waals surface area contributed by atoms with Gasteiger partial charge in [0.25, 0.3) is 0 Å². The van der Waals surface area contributed by atoms with Gasteiger partial charge < -0.3 is 19.7 Å². The van der Waals surface area contributed by atoms with Gasteiger partial charge in [-0.05, 0) is 6.42 Å². The fraction of sp³-hybridized carbons (Fsp3) is 0.909. The van der Waals surface area contributed by atoms with E-state index in [0.717, 1.165) is 19.3 Å². The molecule has 1 saturated heterocycles. The third-order valence-electron chi connectivity index (χ3n) is 2.61. The average molecular weight is 232 g/mol. The molecular weight excluding hydrogens is 212 g/mol. The molecule has 2 N–H and O–H groups in total. The van der Waals surface area contributed by atoms with E-state index in [1.165, 1.54) is 0 Å². The third-order valence-corrected chi connectivity index (χ3v) is 2.61. The predicted octanol–water partition coefficient (Wildman–Crippen LogP) is 0.231. The lowest BCUT2D eigenvalue weighted by molar-refractivity contribution is -0.185. The van der Waals surface area contributed by atoms with Gasteiger partial charge in [0.15, 0.2) is 6.10 Å². The van der Waals surface area contributed by atoms with Gasteiger partial charge in [0, 0.05) is 6.42 Å². The van der Waals surface area contributed by atoms with E-state index in [1.54, 1.807) is 0 Å². The summed E-state index contributed by atoms with van der Waals surface area (Å²) in [5.41, 5.74) is 0. The maximum absolute atomic E-state index is 11.4. The van der Waals surface area contributed by atoms with Gasteiger partial charge in [-0.15, -0.1) is 0 Å². The molecular formula is C11H20O5. The minimum Gasteiger partial charge on any atom is -0.457 e. The van der Waals surface area contributed by atoms with Crippen molar-refractivity contribution < 1.29 is 24.5 Å². The molecule has 0 aromatic carbocycles. The lowest BCUT2D eigenvalue weighted by atomic mass is 10.1. The molecule has 0 bridgehead atoms. The Morgan fingerprint density at radius 1 is 1.38 bits per heavy atom. The SMILES string of the molecule is CCCCCC(=O)OC1COCC(O)C1O. The van der Waals surface area contributed by atoms with Crippen LogP contribution < -0.4 is 0 Å². The minimum atomic E-state index is -1.04. The van der Waals surface area contributed by atoms with E-state index in [1.807, 2.05) is 0 Å². The molecule has 0 saturated carbocycles. The topological polar surface area (TPSA) is 76.0 Å². The Kier molecular flexibility index (Phi) is 5.73. The van der Waals surface area contributed by atoms with Gasteiger partial charge in [0.2, 0.25) is 0 Å². The van der Waals surface area contributed by atoms with Crippen LogP contribution >= 0.6 is 0 Å². The van der Waals surface area contributed by atoms with Crippen LogP contribution in [0.15, 0.2) is 0 Å². The molecule has 16 heavy (non-hydrogen) atoms. The Bertz CT molecular complexity index is 218. The van der Waals surface area contributed by atoms with E-state index < -0.39 is 18.3 Å². The second kappa shape index (κ2) is 6.83. The van der Waals surface area contributed by atoms with E-state index in [4.69, 9.17) is 9.47 Å². The van der Waals surface area contributed by atoms with Crippen LogP contribution in [-0.2, 0) is 14.3 Å². The number of unbranched alkanes of at least 4 members (excludes halogenated alkanes) is 2. The first-order valence-electron chi connectivity index (χ1n) is 5.78. The number of aliphatic hydroxyl groups excluding tert-OH is 2. The molecule has 1 fully saturated rings. The zero-order valence-electron chi connectivity index (χ0n) is 9.59. The Labute approximate surface area is 95.4 Å². The van der Waals surface area contributed by atoms with Gasteiger partial charge in [0.1, 0.15) is 12.2 Å². The maximum Gasteiger partial charge on any atom is 0.306 e. The second-order valence-electron chi connectivity index (χ2n) is 4.08. The van der Waals surface area contributed by atoms with Gasteiger partial charge in [-0.1, -0.05) is 19.8 Å². The van der Waals surface area contributed by atoms with Crippen LogP contribution in [0.4, 0.5) is 0 Å². The highest BCUT2D eigenvalue weighted by molar-refractivity contribution is 5.69. The van der Waals surface area contributed by atoms with Crippen molar-refractivity contribution in [1.82, 2.24) is 0 Å². The van der Waals surface area contributed by atoms with Crippen molar-refractivity contribution in [2.24, 2.45) is 0 Å². The van der Waals surface area contributed by atoms with Crippen LogP contribution in [0, 0.1) is 0 Å². The van der Waals surface area contributed by atoms with Gasteiger partial charge in [0.05, 0.1) is 13.2 Å². The largest absolute Gasteiger partial charge is 0.457 e. The van der Waals surface area contributed by atoms with E-state index in [0.29, 0.717) is 6.42 Å². The molecule has 5 heteroatoms. The molecule has 0 amide bonds. The van der Waals surface area contributed by atoms with Crippen LogP contribution in [0.1, 0.15) is 32.6 Å². The van der Waals surface area contributed by atoms with Gasteiger partial charge in [-0.25, -0.2) is 0 Å². The number of carbonyl (C=O) groups is 1. The first kappa shape index (κ1) is 13.4. The molecule has 0 aromatic rings. The summed E-state index contributed by atoms with van der Waals surface area (Å²) in [6.07, 6.45) is 0.432. The van der Waals surface area contributed by atoms with Crippen molar-refractivity contribution in [1.29, 1.82) is 0 Å². The molecule has 3 unspecified atom stereocenters. The molecule has 3 atom stereocenters. The zero-order valence-corrected chi connectivity index (χ0v) is 9.59. The fourth-order valence-electron chi connectivity index (χ4n) is 1.60. The summed E-state index contributed by atoms with van der Waals surface area (Å²) in [6.45, 7) is 2.29. The molecule has 1 aliphatic heterocycles. The lowest BCUT2D eigenvalue weighted by Gasteiger charge is -2.31. The molecule has 5 nitrogen and oxygen atoms in total. The molecule has 1 heterocycles. The quantitative estimate of drug-likeness (QED) is 0.524. The first-order chi connectivity index (χ1) is 7.65. The summed E-state index contributed by atoms with van der Waals surface area (Å²) >= 11 is 0. The fourth-order valence-corrected chi connectivity index (χ4v) is 1.60. The van der Waals surface area contributed by atoms with E-state index in [9.17, 15) is 15.0 Å². The number of aliphatic hydroxyl groups is 2. The number of carbonyl (C=O) groups excluding carboxylic acids is 1. The maximum atomic E-state index is 11.4. The Balaban J connectivity index is 2.26. The molecule has 0 aromatic heterocycles. The standard InChI is InChI=1S/C11H20O5/c1-2-3-4-5-10(13)16-9-7-15-6-8(12)11(9)14/h8-9,11-12,14H,2-7H2,1H3. The number of hydrogen-bond acceptors (Lipinski definition) is 5. The molecule has 1 rings (SSSR count). The van der Waals surface area contributed by atoms with Crippen LogP contribution in [-0.4, -0.2) is 47.7 Å². The van der Waals surface area contributed by atoms with Crippen LogP contribution in [0.3, 0.4) is 0 Å². The van der Waals surface area contributed by atoms with Crippen molar-refractivity contribution in [3.8, 4) is 0 Å². The summed E-state index contributed by atoms with van der Waals surface area (Å²) in [6, 6.07) is 0. The Hall–Kier alpha value is -0.650. The van der Waals surface area contributed by atoms with Gasteiger partial charge in [-0.2, -0.15) is 0 Å². The van der Waals surface area contributed by atoms with E-state index >= 15 is 0 Å². The Morgan fingerprint density at radius 2 is 2.12 bits per heavy atom. The van der Waals surface area contributed by atoms with E-state index in [2.05, 4.69) is 6.92 Å². The number of hydrogen-bond donors (Lipinski definition) is 2. The molecule has 94 valence electrons. The lowest BCUT2D eigenvalue weighted by Crippen LogP contribution is -2.49. The second-order valence-corrected chi connectivity index (χ2v) is 4.08. The van der Waals surface area contributed by atoms with Crippen molar-refractivity contribution >= 4 is 5.97 Å². The average Bonchev–Trinajstić information content (AvgIpc) is 2.25. The summed E-state index contributed by atoms with van der Waals surface area (Å²) in [5.74, 6) is -0.338. The number of esters is 1. The normalized spacial score (nSPS) is 30.1. The van der Waals surface area contributed by atoms with Crippen LogP contribution in [0.5, 0.6) is 0 Å². The van der Waals surface area contributed by atoms with Crippen molar-refractivity contribution in [2.75, 3.05) is 13.2 Å². The smallest absolute Gasteiger partial charge is 0.306 e. The van der Waals surface area contributed by atoms with Gasteiger partial charge >= 0.3 is 5.97 Å².